The summed E-state index contributed by atoms with van der Waals surface area (Å²) in [4.78, 5) is 40.6. The van der Waals surface area contributed by atoms with E-state index in [1.54, 1.807) is 32.0 Å². The number of aliphatic hydroxyl groups is 1. The van der Waals surface area contributed by atoms with Crippen LogP contribution in [0.25, 0.3) is 11.0 Å². The molecular weight excluding hydrogens is 576 g/mol. The normalized spacial score (nSPS) is 20.9. The van der Waals surface area contributed by atoms with Crippen molar-refractivity contribution in [3.8, 4) is 5.75 Å². The summed E-state index contributed by atoms with van der Waals surface area (Å²) in [5.41, 5.74) is 2.80. The molecule has 3 aliphatic heterocycles. The lowest BCUT2D eigenvalue weighted by molar-refractivity contribution is -0.188. The molecule has 4 heterocycles. The van der Waals surface area contributed by atoms with Gasteiger partial charge in [-0.1, -0.05) is 29.8 Å². The standard InChI is InChI=1S/C36H42O9/c1-21(2)26-15-13-23-11-9-22(10-12-23)7-6-8-29(38)42-32-30-28(45-36(3,4)33(32)44-34(26)39)16-14-24-19-27(35(40)43-31(24)30)25(17-18-37)20-41-5/h9-12,14,16,19,25,32-33,37H,6-8,13,15,17-18,20H2,1-5H3/t25-,32+,33+/m1/s1. The Balaban J connectivity index is 1.62. The van der Waals surface area contributed by atoms with Gasteiger partial charge in [0.25, 0.3) is 0 Å². The van der Waals surface area contributed by atoms with Crippen molar-refractivity contribution < 1.29 is 38.1 Å². The molecule has 0 saturated carbocycles. The molecule has 9 nitrogen and oxygen atoms in total. The third-order valence-electron chi connectivity index (χ3n) is 8.71. The van der Waals surface area contributed by atoms with Gasteiger partial charge < -0.3 is 28.5 Å². The van der Waals surface area contributed by atoms with E-state index in [9.17, 15) is 19.5 Å². The number of aryl methyl sites for hydroxylation is 2. The smallest absolute Gasteiger partial charge is 0.339 e. The third-order valence-corrected chi connectivity index (χ3v) is 8.71. The highest BCUT2D eigenvalue weighted by molar-refractivity contribution is 5.90. The van der Waals surface area contributed by atoms with Crippen molar-refractivity contribution in [1.29, 1.82) is 0 Å². The number of hydrogen-bond acceptors (Lipinski definition) is 9. The van der Waals surface area contributed by atoms with Gasteiger partial charge in [-0.25, -0.2) is 9.59 Å². The van der Waals surface area contributed by atoms with Crippen molar-refractivity contribution in [2.24, 2.45) is 0 Å². The van der Waals surface area contributed by atoms with Crippen LogP contribution < -0.4 is 10.4 Å². The Labute approximate surface area is 263 Å². The summed E-state index contributed by atoms with van der Waals surface area (Å²) in [6.45, 7) is 7.42. The zero-order valence-electron chi connectivity index (χ0n) is 26.6. The first-order chi connectivity index (χ1) is 21.5. The number of esters is 2. The maximum absolute atomic E-state index is 13.8. The van der Waals surface area contributed by atoms with E-state index in [0.717, 1.165) is 16.7 Å². The summed E-state index contributed by atoms with van der Waals surface area (Å²) in [6, 6.07) is 13.5. The second-order valence-corrected chi connectivity index (χ2v) is 12.6. The van der Waals surface area contributed by atoms with Gasteiger partial charge in [-0.05, 0) is 89.1 Å². The van der Waals surface area contributed by atoms with Gasteiger partial charge in [0.1, 0.15) is 16.9 Å². The molecule has 0 saturated heterocycles. The van der Waals surface area contributed by atoms with E-state index in [1.807, 2.05) is 13.8 Å². The lowest BCUT2D eigenvalue weighted by Crippen LogP contribution is -2.52. The highest BCUT2D eigenvalue weighted by Crippen LogP contribution is 2.47. The molecule has 2 bridgehead atoms. The zero-order chi connectivity index (χ0) is 32.3. The van der Waals surface area contributed by atoms with Gasteiger partial charge in [0.15, 0.2) is 12.2 Å². The molecule has 0 spiro atoms. The SMILES string of the molecule is COC[C@@H](CCO)c1cc2ccc3c(c2oc1=O)[C@@H]1OC(=O)CCCc2ccc(cc2)CCC(=C(C)C)C(=O)O[C@@H]1C(C)(C)O3. The Kier molecular flexibility index (Phi) is 9.79. The van der Waals surface area contributed by atoms with Gasteiger partial charge in [0.05, 0.1) is 12.2 Å². The van der Waals surface area contributed by atoms with E-state index < -0.39 is 35.4 Å². The van der Waals surface area contributed by atoms with E-state index in [1.165, 1.54) is 7.11 Å². The van der Waals surface area contributed by atoms with Crippen molar-refractivity contribution in [3.63, 3.8) is 0 Å². The summed E-state index contributed by atoms with van der Waals surface area (Å²) in [7, 11) is 1.53. The summed E-state index contributed by atoms with van der Waals surface area (Å²) >= 11 is 0. The predicted molar refractivity (Wildman–Crippen MR) is 168 cm³/mol. The van der Waals surface area contributed by atoms with E-state index >= 15 is 0 Å². The van der Waals surface area contributed by atoms with Gasteiger partial charge in [-0.3, -0.25) is 4.79 Å². The first-order valence-electron chi connectivity index (χ1n) is 15.6. The highest BCUT2D eigenvalue weighted by atomic mass is 16.6. The Morgan fingerprint density at radius 3 is 2.36 bits per heavy atom. The molecule has 2 aromatic carbocycles. The van der Waals surface area contributed by atoms with Crippen LogP contribution in [0.5, 0.6) is 5.75 Å². The quantitative estimate of drug-likeness (QED) is 0.212. The predicted octanol–water partition coefficient (Wildman–Crippen LogP) is 5.88. The number of fused-ring (bicyclic) bond motifs is 13. The fraction of sp³-hybridized carbons (Fsp3) is 0.472. The maximum Gasteiger partial charge on any atom is 0.339 e. The molecule has 0 radical (unpaired) electrons. The van der Waals surface area contributed by atoms with Gasteiger partial charge in [-0.15, -0.1) is 0 Å². The first-order valence-corrected chi connectivity index (χ1v) is 15.6. The van der Waals surface area contributed by atoms with Crippen LogP contribution in [-0.2, 0) is 36.6 Å². The second kappa shape index (κ2) is 13.6. The van der Waals surface area contributed by atoms with Crippen molar-refractivity contribution in [2.75, 3.05) is 20.3 Å². The molecule has 45 heavy (non-hydrogen) atoms. The second-order valence-electron chi connectivity index (χ2n) is 12.6. The van der Waals surface area contributed by atoms with E-state index in [-0.39, 0.29) is 31.1 Å². The molecule has 3 aromatic rings. The number of carbonyl (C=O) groups is 2. The zero-order valence-corrected chi connectivity index (χ0v) is 26.6. The van der Waals surface area contributed by atoms with E-state index in [2.05, 4.69) is 24.3 Å². The van der Waals surface area contributed by atoms with Crippen LogP contribution in [0.4, 0.5) is 0 Å². The van der Waals surface area contributed by atoms with Crippen LogP contribution in [0.1, 0.15) is 87.7 Å². The van der Waals surface area contributed by atoms with Crippen LogP contribution in [-0.4, -0.2) is 49.1 Å². The van der Waals surface area contributed by atoms with Crippen molar-refractivity contribution >= 4 is 22.9 Å². The lowest BCUT2D eigenvalue weighted by Gasteiger charge is -2.43. The summed E-state index contributed by atoms with van der Waals surface area (Å²) in [6.07, 6.45) is 0.744. The Morgan fingerprint density at radius 2 is 1.69 bits per heavy atom. The number of hydrogen-bond donors (Lipinski definition) is 1. The Hall–Kier alpha value is -3.95. The molecule has 240 valence electrons. The third kappa shape index (κ3) is 6.99. The van der Waals surface area contributed by atoms with Crippen molar-refractivity contribution in [3.05, 3.63) is 86.3 Å². The number of benzene rings is 2. The lowest BCUT2D eigenvalue weighted by atomic mass is 9.86. The van der Waals surface area contributed by atoms with Crippen LogP contribution >= 0.6 is 0 Å². The van der Waals surface area contributed by atoms with Crippen molar-refractivity contribution in [2.45, 2.75) is 89.9 Å². The average Bonchev–Trinajstić information content (AvgIpc) is 2.98. The molecule has 9 heteroatoms. The summed E-state index contributed by atoms with van der Waals surface area (Å²) in [5.74, 6) is -0.983. The number of methoxy groups -OCH3 is 1. The number of allylic oxidation sites excluding steroid dienone is 1. The Bertz CT molecular complexity index is 1640. The monoisotopic (exact) mass is 618 g/mol. The molecule has 0 amide bonds. The number of aliphatic hydroxyl groups excluding tert-OH is 1. The largest absolute Gasteiger partial charge is 0.483 e. The molecule has 1 aromatic heterocycles. The number of ether oxygens (including phenoxy) is 4. The Morgan fingerprint density at radius 1 is 0.978 bits per heavy atom. The van der Waals surface area contributed by atoms with E-state index in [0.29, 0.717) is 59.9 Å². The molecule has 3 atom stereocenters. The average molecular weight is 619 g/mol. The minimum Gasteiger partial charge on any atom is -0.483 e. The number of rotatable bonds is 5. The van der Waals surface area contributed by atoms with Crippen LogP contribution in [0, 0.1) is 0 Å². The minimum absolute atomic E-state index is 0.122. The van der Waals surface area contributed by atoms with Gasteiger partial charge in [0.2, 0.25) is 0 Å². The molecule has 3 aliphatic rings. The van der Waals surface area contributed by atoms with Gasteiger partial charge in [0, 0.05) is 42.6 Å². The topological polar surface area (TPSA) is 122 Å². The fourth-order valence-corrected chi connectivity index (χ4v) is 6.24. The fourth-order valence-electron chi connectivity index (χ4n) is 6.24. The maximum atomic E-state index is 13.8. The van der Waals surface area contributed by atoms with Crippen molar-refractivity contribution in [1.82, 2.24) is 0 Å². The van der Waals surface area contributed by atoms with Crippen LogP contribution in [0.3, 0.4) is 0 Å². The van der Waals surface area contributed by atoms with Gasteiger partial charge in [-0.2, -0.15) is 0 Å². The summed E-state index contributed by atoms with van der Waals surface area (Å²) in [5, 5.41) is 10.2. The van der Waals surface area contributed by atoms with E-state index in [4.69, 9.17) is 23.4 Å². The van der Waals surface area contributed by atoms with Gasteiger partial charge >= 0.3 is 17.6 Å². The molecule has 0 fully saturated rings. The highest BCUT2D eigenvalue weighted by Gasteiger charge is 2.50. The molecule has 1 N–H and O–H groups in total. The number of carbonyl (C=O) groups excluding carboxylic acids is 2. The van der Waals surface area contributed by atoms with Crippen LogP contribution in [0.2, 0.25) is 0 Å². The van der Waals surface area contributed by atoms with Crippen LogP contribution in [0.15, 0.2) is 62.8 Å². The molecular formula is C36H42O9. The molecule has 0 aliphatic carbocycles. The molecule has 6 rings (SSSR count). The minimum atomic E-state index is -1.10. The molecule has 0 unspecified atom stereocenters. The summed E-state index contributed by atoms with van der Waals surface area (Å²) < 4.78 is 30.0. The first kappa shape index (κ1) is 32.4.